The predicted molar refractivity (Wildman–Crippen MR) is 56.6 cm³/mol. The zero-order valence-electron chi connectivity index (χ0n) is 8.69. The fraction of sp³-hybridized carbons (Fsp3) is 0.333. The molecule has 1 rings (SSSR count). The molecule has 78 valence electrons. The second-order valence-corrected chi connectivity index (χ2v) is 3.13. The number of carbonyl (C=O) groups excluding carboxylic acids is 1. The highest BCUT2D eigenvalue weighted by molar-refractivity contribution is 5.82. The first-order valence-electron chi connectivity index (χ1n) is 4.86. The second-order valence-electron chi connectivity index (χ2n) is 3.13. The van der Waals surface area contributed by atoms with Gasteiger partial charge in [-0.1, -0.05) is 12.1 Å². The van der Waals surface area contributed by atoms with Crippen LogP contribution in [0.3, 0.4) is 0 Å². The fourth-order valence-corrected chi connectivity index (χ4v) is 1.25. The van der Waals surface area contributed by atoms with Crippen LogP contribution in [0.15, 0.2) is 24.3 Å². The van der Waals surface area contributed by atoms with Crippen molar-refractivity contribution in [1.82, 2.24) is 0 Å². The van der Waals surface area contributed by atoms with Gasteiger partial charge in [-0.15, -0.1) is 0 Å². The number of rotatable bonds is 5. The Bertz CT molecular complexity index is 362. The summed E-state index contributed by atoms with van der Waals surface area (Å²) in [5.74, 6) is 0.746. The summed E-state index contributed by atoms with van der Waals surface area (Å²) < 4.78 is 5.28. The normalized spacial score (nSPS) is 9.33. The van der Waals surface area contributed by atoms with Crippen LogP contribution in [0.25, 0.3) is 0 Å². The summed E-state index contributed by atoms with van der Waals surface area (Å²) in [4.78, 5) is 11.2. The number of ether oxygens (including phenoxy) is 1. The lowest BCUT2D eigenvalue weighted by molar-refractivity contribution is -0.117. The zero-order valence-corrected chi connectivity index (χ0v) is 8.69. The number of hydrogen-bond acceptors (Lipinski definition) is 3. The van der Waals surface area contributed by atoms with Crippen LogP contribution >= 0.6 is 0 Å². The van der Waals surface area contributed by atoms with Crippen LogP contribution in [0.4, 0.5) is 0 Å². The summed E-state index contributed by atoms with van der Waals surface area (Å²) in [6.07, 6.45) is 0.299. The van der Waals surface area contributed by atoms with Crippen molar-refractivity contribution in [3.05, 3.63) is 29.8 Å². The lowest BCUT2D eigenvalue weighted by atomic mass is 10.1. The van der Waals surface area contributed by atoms with E-state index in [1.165, 1.54) is 0 Å². The van der Waals surface area contributed by atoms with E-state index in [4.69, 9.17) is 10.00 Å². The summed E-state index contributed by atoms with van der Waals surface area (Å²) in [5, 5.41) is 8.34. The third kappa shape index (κ3) is 3.82. The first-order valence-corrected chi connectivity index (χ1v) is 4.86. The molecular weight excluding hydrogens is 190 g/mol. The van der Waals surface area contributed by atoms with Gasteiger partial charge in [0.15, 0.2) is 5.78 Å². The lowest BCUT2D eigenvalue weighted by Crippen LogP contribution is -2.01. The molecule has 0 bridgehead atoms. The van der Waals surface area contributed by atoms with Gasteiger partial charge in [0.2, 0.25) is 0 Å². The van der Waals surface area contributed by atoms with E-state index in [-0.39, 0.29) is 12.2 Å². The van der Waals surface area contributed by atoms with Crippen LogP contribution in [0.2, 0.25) is 0 Å². The third-order valence-electron chi connectivity index (χ3n) is 1.91. The number of ketones is 1. The Morgan fingerprint density at radius 3 is 2.60 bits per heavy atom. The van der Waals surface area contributed by atoms with E-state index in [0.29, 0.717) is 13.0 Å². The Labute approximate surface area is 89.3 Å². The van der Waals surface area contributed by atoms with Crippen molar-refractivity contribution in [2.45, 2.75) is 19.8 Å². The highest BCUT2D eigenvalue weighted by atomic mass is 16.5. The van der Waals surface area contributed by atoms with Gasteiger partial charge in [-0.2, -0.15) is 5.26 Å². The number of nitriles is 1. The average molecular weight is 203 g/mol. The maximum atomic E-state index is 11.2. The summed E-state index contributed by atoms with van der Waals surface area (Å²) in [5.41, 5.74) is 0.915. The first-order chi connectivity index (χ1) is 7.26. The minimum absolute atomic E-state index is 0.0206. The van der Waals surface area contributed by atoms with Crippen LogP contribution < -0.4 is 4.74 Å². The molecule has 0 spiro atoms. The quantitative estimate of drug-likeness (QED) is 0.736. The molecule has 0 aliphatic rings. The van der Waals surface area contributed by atoms with Crippen molar-refractivity contribution in [2.75, 3.05) is 6.61 Å². The van der Waals surface area contributed by atoms with Crippen LogP contribution in [-0.2, 0) is 11.2 Å². The van der Waals surface area contributed by atoms with E-state index in [0.717, 1.165) is 11.3 Å². The molecule has 0 radical (unpaired) electrons. The summed E-state index contributed by atoms with van der Waals surface area (Å²) in [7, 11) is 0. The summed E-state index contributed by atoms with van der Waals surface area (Å²) >= 11 is 0. The zero-order chi connectivity index (χ0) is 11.1. The Morgan fingerprint density at radius 1 is 1.40 bits per heavy atom. The third-order valence-corrected chi connectivity index (χ3v) is 1.91. The maximum Gasteiger partial charge on any atom is 0.151 e. The molecule has 0 aliphatic carbocycles. The van der Waals surface area contributed by atoms with Crippen LogP contribution in [0.5, 0.6) is 5.75 Å². The monoisotopic (exact) mass is 203 g/mol. The number of benzene rings is 1. The van der Waals surface area contributed by atoms with Crippen molar-refractivity contribution >= 4 is 5.78 Å². The van der Waals surface area contributed by atoms with Crippen molar-refractivity contribution in [1.29, 1.82) is 5.26 Å². The molecule has 0 N–H and O–H groups in total. The topological polar surface area (TPSA) is 50.1 Å². The molecule has 15 heavy (non-hydrogen) atoms. The Hall–Kier alpha value is -1.82. The highest BCUT2D eigenvalue weighted by Gasteiger charge is 2.02. The largest absolute Gasteiger partial charge is 0.494 e. The first kappa shape index (κ1) is 11.3. The molecule has 1 aromatic rings. The standard InChI is InChI=1S/C12H13NO2/c1-2-15-12-5-3-10(4-6-12)9-11(14)7-8-13/h3-6H,2,7,9H2,1H3. The Kier molecular flexibility index (Phi) is 4.36. The molecule has 0 amide bonds. The van der Waals surface area contributed by atoms with E-state index in [9.17, 15) is 4.79 Å². The molecule has 0 fully saturated rings. The molecule has 0 heterocycles. The number of hydrogen-bond donors (Lipinski definition) is 0. The number of Topliss-reactive ketones (excluding diaryl/α,β-unsaturated/α-hetero) is 1. The molecule has 0 unspecified atom stereocenters. The van der Waals surface area contributed by atoms with Gasteiger partial charge < -0.3 is 4.74 Å². The average Bonchev–Trinajstić information content (AvgIpc) is 2.22. The molecule has 0 saturated carbocycles. The van der Waals surface area contributed by atoms with E-state index in [1.54, 1.807) is 0 Å². The Morgan fingerprint density at radius 2 is 2.07 bits per heavy atom. The second kappa shape index (κ2) is 5.82. The minimum atomic E-state index is -0.0540. The smallest absolute Gasteiger partial charge is 0.151 e. The molecule has 3 nitrogen and oxygen atoms in total. The summed E-state index contributed by atoms with van der Waals surface area (Å²) in [6.45, 7) is 2.55. The van der Waals surface area contributed by atoms with Gasteiger partial charge in [0.25, 0.3) is 0 Å². The van der Waals surface area contributed by atoms with Gasteiger partial charge in [-0.3, -0.25) is 4.79 Å². The van der Waals surface area contributed by atoms with Gasteiger partial charge >= 0.3 is 0 Å². The van der Waals surface area contributed by atoms with E-state index >= 15 is 0 Å². The molecule has 0 saturated heterocycles. The van der Waals surface area contributed by atoms with Gasteiger partial charge in [0, 0.05) is 6.42 Å². The van der Waals surface area contributed by atoms with Crippen molar-refractivity contribution < 1.29 is 9.53 Å². The van der Waals surface area contributed by atoms with Gasteiger partial charge in [-0.05, 0) is 24.6 Å². The van der Waals surface area contributed by atoms with Crippen molar-refractivity contribution in [2.24, 2.45) is 0 Å². The SMILES string of the molecule is CCOc1ccc(CC(=O)CC#N)cc1. The number of nitrogens with zero attached hydrogens (tertiary/aromatic N) is 1. The van der Waals surface area contributed by atoms with Crippen LogP contribution in [0.1, 0.15) is 18.9 Å². The molecule has 1 aromatic carbocycles. The van der Waals surface area contributed by atoms with Gasteiger partial charge in [0.1, 0.15) is 5.75 Å². The molecule has 0 aromatic heterocycles. The fourth-order valence-electron chi connectivity index (χ4n) is 1.25. The Balaban J connectivity index is 2.57. The van der Waals surface area contributed by atoms with Crippen molar-refractivity contribution in [3.63, 3.8) is 0 Å². The summed E-state index contributed by atoms with van der Waals surface area (Å²) in [6, 6.07) is 9.20. The van der Waals surface area contributed by atoms with Crippen LogP contribution in [0, 0.1) is 11.3 Å². The van der Waals surface area contributed by atoms with E-state index in [1.807, 2.05) is 37.3 Å². The van der Waals surface area contributed by atoms with Crippen molar-refractivity contribution in [3.8, 4) is 11.8 Å². The predicted octanol–water partition coefficient (Wildman–Crippen LogP) is 2.11. The maximum absolute atomic E-state index is 11.2. The molecule has 0 aliphatic heterocycles. The van der Waals surface area contributed by atoms with Gasteiger partial charge in [0.05, 0.1) is 19.1 Å². The van der Waals surface area contributed by atoms with E-state index in [2.05, 4.69) is 0 Å². The molecule has 0 atom stereocenters. The van der Waals surface area contributed by atoms with E-state index < -0.39 is 0 Å². The molecule has 3 heteroatoms. The minimum Gasteiger partial charge on any atom is -0.494 e. The highest BCUT2D eigenvalue weighted by Crippen LogP contribution is 2.12. The lowest BCUT2D eigenvalue weighted by Gasteiger charge is -2.03. The van der Waals surface area contributed by atoms with Gasteiger partial charge in [-0.25, -0.2) is 0 Å². The number of carbonyl (C=O) groups is 1. The van der Waals surface area contributed by atoms with Crippen LogP contribution in [-0.4, -0.2) is 12.4 Å². The molecular formula is C12H13NO2.